The first-order chi connectivity index (χ1) is 12.7. The van der Waals surface area contributed by atoms with Crippen molar-refractivity contribution in [2.45, 2.75) is 37.8 Å². The number of para-hydroxylation sites is 1. The number of rotatable bonds is 5. The molecule has 0 radical (unpaired) electrons. The summed E-state index contributed by atoms with van der Waals surface area (Å²) in [5, 5.41) is 7.19. The van der Waals surface area contributed by atoms with Gasteiger partial charge < -0.3 is 20.4 Å². The molecule has 1 aliphatic carbocycles. The maximum atomic E-state index is 4.45. The minimum absolute atomic E-state index is 0.444. The van der Waals surface area contributed by atoms with Crippen molar-refractivity contribution in [3.8, 4) is 0 Å². The van der Waals surface area contributed by atoms with Crippen LogP contribution >= 0.6 is 15.9 Å². The van der Waals surface area contributed by atoms with E-state index in [4.69, 9.17) is 0 Å². The Morgan fingerprint density at radius 1 is 1.15 bits per heavy atom. The van der Waals surface area contributed by atoms with Crippen molar-refractivity contribution >= 4 is 27.6 Å². The third kappa shape index (κ3) is 4.34. The van der Waals surface area contributed by atoms with Gasteiger partial charge in [-0.3, -0.25) is 4.99 Å². The van der Waals surface area contributed by atoms with Crippen LogP contribution in [0.3, 0.4) is 0 Å². The van der Waals surface area contributed by atoms with Gasteiger partial charge in [-0.1, -0.05) is 12.1 Å². The van der Waals surface area contributed by atoms with E-state index in [-0.39, 0.29) is 0 Å². The van der Waals surface area contributed by atoms with Gasteiger partial charge in [-0.05, 0) is 66.2 Å². The predicted molar refractivity (Wildman–Crippen MR) is 112 cm³/mol. The zero-order valence-corrected chi connectivity index (χ0v) is 17.2. The normalized spacial score (nSPS) is 27.2. The Kier molecular flexibility index (Phi) is 5.69. The molecule has 0 aromatic heterocycles. The van der Waals surface area contributed by atoms with Crippen LogP contribution in [-0.4, -0.2) is 62.7 Å². The SMILES string of the molecule is CN=C(NCC1CCN(C2CC2)C1)NC1CCN(c2ccccc2Br)C1. The standard InChI is InChI=1S/C20H30BrN5/c1-22-20(23-12-15-8-10-25(13-15)17-6-7-17)24-16-9-11-26(14-16)19-5-3-2-4-18(19)21/h2-5,15-17H,6-14H2,1H3,(H2,22,23,24). The van der Waals surface area contributed by atoms with Gasteiger partial charge in [0.25, 0.3) is 0 Å². The summed E-state index contributed by atoms with van der Waals surface area (Å²) in [6.45, 7) is 5.67. The van der Waals surface area contributed by atoms with Crippen molar-refractivity contribution in [3.05, 3.63) is 28.7 Å². The highest BCUT2D eigenvalue weighted by molar-refractivity contribution is 9.10. The second-order valence-corrected chi connectivity index (χ2v) is 8.72. The fraction of sp³-hybridized carbons (Fsp3) is 0.650. The molecule has 4 rings (SSSR count). The van der Waals surface area contributed by atoms with Crippen LogP contribution < -0.4 is 15.5 Å². The summed E-state index contributed by atoms with van der Waals surface area (Å²) >= 11 is 3.67. The minimum atomic E-state index is 0.444. The largest absolute Gasteiger partial charge is 0.368 e. The fourth-order valence-electron chi connectivity index (χ4n) is 4.23. The lowest BCUT2D eigenvalue weighted by molar-refractivity contribution is 0.314. The Morgan fingerprint density at radius 3 is 2.77 bits per heavy atom. The van der Waals surface area contributed by atoms with Gasteiger partial charge in [0.15, 0.2) is 5.96 Å². The van der Waals surface area contributed by atoms with E-state index in [1.165, 1.54) is 42.5 Å². The molecule has 0 bridgehead atoms. The van der Waals surface area contributed by atoms with Crippen LogP contribution in [0.4, 0.5) is 5.69 Å². The summed E-state index contributed by atoms with van der Waals surface area (Å²) in [5.41, 5.74) is 1.28. The molecule has 2 aliphatic heterocycles. The zero-order chi connectivity index (χ0) is 17.9. The number of hydrogen-bond donors (Lipinski definition) is 2. The summed E-state index contributed by atoms with van der Waals surface area (Å²) in [4.78, 5) is 9.57. The summed E-state index contributed by atoms with van der Waals surface area (Å²) in [6.07, 6.45) is 5.29. The van der Waals surface area contributed by atoms with Crippen LogP contribution in [0.1, 0.15) is 25.7 Å². The molecule has 3 fully saturated rings. The zero-order valence-electron chi connectivity index (χ0n) is 15.6. The predicted octanol–water partition coefficient (Wildman–Crippen LogP) is 2.68. The second-order valence-electron chi connectivity index (χ2n) is 7.86. The van der Waals surface area contributed by atoms with E-state index in [1.807, 2.05) is 7.05 Å². The van der Waals surface area contributed by atoms with Gasteiger partial charge in [-0.15, -0.1) is 0 Å². The van der Waals surface area contributed by atoms with E-state index < -0.39 is 0 Å². The lowest BCUT2D eigenvalue weighted by Gasteiger charge is -2.22. The maximum absolute atomic E-state index is 4.45. The van der Waals surface area contributed by atoms with Gasteiger partial charge in [-0.25, -0.2) is 0 Å². The van der Waals surface area contributed by atoms with Crippen LogP contribution in [0.2, 0.25) is 0 Å². The number of anilines is 1. The van der Waals surface area contributed by atoms with Crippen molar-refractivity contribution in [1.29, 1.82) is 0 Å². The molecule has 2 atom stereocenters. The Hall–Kier alpha value is -1.27. The first kappa shape index (κ1) is 18.1. The van der Waals surface area contributed by atoms with Gasteiger partial charge in [0.2, 0.25) is 0 Å². The highest BCUT2D eigenvalue weighted by Gasteiger charge is 2.34. The smallest absolute Gasteiger partial charge is 0.191 e. The number of hydrogen-bond acceptors (Lipinski definition) is 3. The molecule has 1 aromatic rings. The Bertz CT molecular complexity index is 645. The molecule has 2 unspecified atom stereocenters. The number of benzene rings is 1. The summed E-state index contributed by atoms with van der Waals surface area (Å²) in [5.74, 6) is 1.71. The minimum Gasteiger partial charge on any atom is -0.368 e. The van der Waals surface area contributed by atoms with Crippen LogP contribution in [0, 0.1) is 5.92 Å². The maximum Gasteiger partial charge on any atom is 0.191 e. The fourth-order valence-corrected chi connectivity index (χ4v) is 4.77. The van der Waals surface area contributed by atoms with Gasteiger partial charge in [0, 0.05) is 49.8 Å². The van der Waals surface area contributed by atoms with E-state index in [1.54, 1.807) is 0 Å². The lowest BCUT2D eigenvalue weighted by atomic mass is 10.1. The van der Waals surface area contributed by atoms with Crippen LogP contribution in [-0.2, 0) is 0 Å². The summed E-state index contributed by atoms with van der Waals surface area (Å²) in [7, 11) is 1.88. The van der Waals surface area contributed by atoms with Gasteiger partial charge in [0.1, 0.15) is 0 Å². The van der Waals surface area contributed by atoms with Crippen LogP contribution in [0.15, 0.2) is 33.7 Å². The number of nitrogens with zero attached hydrogens (tertiary/aromatic N) is 3. The highest BCUT2D eigenvalue weighted by Crippen LogP contribution is 2.31. The molecule has 1 saturated carbocycles. The molecule has 1 aromatic carbocycles. The number of halogens is 1. The van der Waals surface area contributed by atoms with Crippen molar-refractivity contribution in [3.63, 3.8) is 0 Å². The average Bonchev–Trinajstić information content (AvgIpc) is 3.22. The third-order valence-electron chi connectivity index (χ3n) is 5.88. The van der Waals surface area contributed by atoms with E-state index in [0.717, 1.165) is 44.0 Å². The summed E-state index contributed by atoms with van der Waals surface area (Å²) < 4.78 is 1.17. The average molecular weight is 420 g/mol. The molecule has 142 valence electrons. The molecular weight excluding hydrogens is 390 g/mol. The first-order valence-electron chi connectivity index (χ1n) is 9.93. The molecule has 0 spiro atoms. The van der Waals surface area contributed by atoms with Crippen LogP contribution in [0.25, 0.3) is 0 Å². The van der Waals surface area contributed by atoms with Crippen molar-refractivity contribution in [2.75, 3.05) is 44.7 Å². The highest BCUT2D eigenvalue weighted by atomic mass is 79.9. The Morgan fingerprint density at radius 2 is 2.00 bits per heavy atom. The van der Waals surface area contributed by atoms with E-state index in [9.17, 15) is 0 Å². The first-order valence-corrected chi connectivity index (χ1v) is 10.7. The van der Waals surface area contributed by atoms with E-state index in [0.29, 0.717) is 6.04 Å². The molecule has 2 N–H and O–H groups in total. The van der Waals surface area contributed by atoms with Crippen molar-refractivity contribution < 1.29 is 0 Å². The molecule has 0 amide bonds. The third-order valence-corrected chi connectivity index (χ3v) is 6.56. The lowest BCUT2D eigenvalue weighted by Crippen LogP contribution is -2.46. The number of nitrogens with one attached hydrogen (secondary N) is 2. The van der Waals surface area contributed by atoms with Gasteiger partial charge >= 0.3 is 0 Å². The van der Waals surface area contributed by atoms with E-state index in [2.05, 4.69) is 65.6 Å². The Balaban J connectivity index is 1.23. The Labute approximate surface area is 165 Å². The van der Waals surface area contributed by atoms with Crippen molar-refractivity contribution in [2.24, 2.45) is 10.9 Å². The van der Waals surface area contributed by atoms with Crippen LogP contribution in [0.5, 0.6) is 0 Å². The number of likely N-dealkylation sites (tertiary alicyclic amines) is 1. The monoisotopic (exact) mass is 419 g/mol. The molecule has 2 heterocycles. The molecule has 5 nitrogen and oxygen atoms in total. The van der Waals surface area contributed by atoms with Gasteiger partial charge in [0.05, 0.1) is 5.69 Å². The molecule has 26 heavy (non-hydrogen) atoms. The molecule has 2 saturated heterocycles. The molecule has 3 aliphatic rings. The number of aliphatic imine (C=N–C) groups is 1. The van der Waals surface area contributed by atoms with E-state index >= 15 is 0 Å². The quantitative estimate of drug-likeness (QED) is 0.568. The molecular formula is C20H30BrN5. The van der Waals surface area contributed by atoms with Gasteiger partial charge in [-0.2, -0.15) is 0 Å². The molecule has 6 heteroatoms. The number of guanidine groups is 1. The summed E-state index contributed by atoms with van der Waals surface area (Å²) in [6, 6.07) is 9.82. The van der Waals surface area contributed by atoms with Crippen molar-refractivity contribution in [1.82, 2.24) is 15.5 Å². The second kappa shape index (κ2) is 8.17. The topological polar surface area (TPSA) is 42.9 Å².